The van der Waals surface area contributed by atoms with Gasteiger partial charge in [0.1, 0.15) is 11.8 Å². The van der Waals surface area contributed by atoms with Crippen molar-refractivity contribution in [2.45, 2.75) is 32.9 Å². The predicted molar refractivity (Wildman–Crippen MR) is 112 cm³/mol. The van der Waals surface area contributed by atoms with Crippen molar-refractivity contribution < 1.29 is 14.3 Å². The second-order valence-corrected chi connectivity index (χ2v) is 7.16. The van der Waals surface area contributed by atoms with Crippen molar-refractivity contribution in [2.75, 3.05) is 13.7 Å². The average molecular weight is 423 g/mol. The van der Waals surface area contributed by atoms with Gasteiger partial charge in [-0.15, -0.1) is 0 Å². The van der Waals surface area contributed by atoms with Crippen molar-refractivity contribution in [3.8, 4) is 5.75 Å². The summed E-state index contributed by atoms with van der Waals surface area (Å²) >= 11 is 12.0. The number of hydrogen-bond acceptors (Lipinski definition) is 3. The Balaban J connectivity index is 2.13. The van der Waals surface area contributed by atoms with Gasteiger partial charge in [0, 0.05) is 13.6 Å². The fourth-order valence-electron chi connectivity index (χ4n) is 2.68. The van der Waals surface area contributed by atoms with Crippen LogP contribution in [0.5, 0.6) is 5.75 Å². The Morgan fingerprint density at radius 2 is 1.71 bits per heavy atom. The minimum atomic E-state index is -0.668. The summed E-state index contributed by atoms with van der Waals surface area (Å²) in [7, 11) is 1.53. The molecule has 2 rings (SSSR count). The number of benzene rings is 2. The molecule has 1 atom stereocenters. The minimum absolute atomic E-state index is 0.172. The van der Waals surface area contributed by atoms with Crippen molar-refractivity contribution in [1.29, 1.82) is 0 Å². The van der Waals surface area contributed by atoms with Gasteiger partial charge in [-0.05, 0) is 48.7 Å². The number of halogens is 2. The van der Waals surface area contributed by atoms with Gasteiger partial charge in [-0.1, -0.05) is 48.3 Å². The molecule has 0 fully saturated rings. The predicted octanol–water partition coefficient (Wildman–Crippen LogP) is 4.10. The van der Waals surface area contributed by atoms with Crippen molar-refractivity contribution in [3.05, 3.63) is 63.6 Å². The Bertz CT molecular complexity index is 825. The third-order valence-electron chi connectivity index (χ3n) is 4.44. The summed E-state index contributed by atoms with van der Waals surface area (Å²) in [6, 6.07) is 12.0. The zero-order valence-corrected chi connectivity index (χ0v) is 17.7. The zero-order chi connectivity index (χ0) is 20.7. The maximum atomic E-state index is 12.8. The Hall–Kier alpha value is -2.24. The van der Waals surface area contributed by atoms with E-state index in [1.54, 1.807) is 25.1 Å². The number of carbonyl (C=O) groups is 2. The third-order valence-corrected chi connectivity index (χ3v) is 5.18. The molecule has 0 aliphatic rings. The number of aryl methyl sites for hydroxylation is 1. The first kappa shape index (κ1) is 22.1. The number of carbonyl (C=O) groups excluding carboxylic acids is 2. The lowest BCUT2D eigenvalue weighted by molar-refractivity contribution is -0.142. The molecule has 5 nitrogen and oxygen atoms in total. The summed E-state index contributed by atoms with van der Waals surface area (Å²) in [5.41, 5.74) is 1.96. The fraction of sp³-hybridized carbons (Fsp3) is 0.333. The van der Waals surface area contributed by atoms with E-state index in [9.17, 15) is 9.59 Å². The van der Waals surface area contributed by atoms with Gasteiger partial charge in [-0.25, -0.2) is 0 Å². The SMILES string of the molecule is CCc1ccc(OCC(=O)N(Cc2ccc(Cl)c(Cl)c2)[C@@H](C)C(=O)NC)cc1. The largest absolute Gasteiger partial charge is 0.484 e. The summed E-state index contributed by atoms with van der Waals surface area (Å²) in [4.78, 5) is 26.4. The van der Waals surface area contributed by atoms with Crippen LogP contribution in [-0.2, 0) is 22.6 Å². The van der Waals surface area contributed by atoms with Crippen LogP contribution in [0, 0.1) is 0 Å². The standard InChI is InChI=1S/C21H24Cl2N2O3/c1-4-15-5-8-17(9-6-15)28-13-20(26)25(14(2)21(27)24-3)12-16-7-10-18(22)19(23)11-16/h5-11,14H,4,12-13H2,1-3H3,(H,24,27)/t14-/m0/s1. The summed E-state index contributed by atoms with van der Waals surface area (Å²) < 4.78 is 5.62. The Labute approximate surface area is 175 Å². The van der Waals surface area contributed by atoms with Gasteiger partial charge in [0.15, 0.2) is 6.61 Å². The molecule has 0 spiro atoms. The molecular formula is C21H24Cl2N2O3. The lowest BCUT2D eigenvalue weighted by Gasteiger charge is -2.28. The molecule has 1 N–H and O–H groups in total. The van der Waals surface area contributed by atoms with E-state index in [4.69, 9.17) is 27.9 Å². The highest BCUT2D eigenvalue weighted by Crippen LogP contribution is 2.24. The van der Waals surface area contributed by atoms with Gasteiger partial charge in [0.2, 0.25) is 5.91 Å². The smallest absolute Gasteiger partial charge is 0.261 e. The highest BCUT2D eigenvalue weighted by molar-refractivity contribution is 6.42. The Morgan fingerprint density at radius 3 is 2.29 bits per heavy atom. The molecule has 28 heavy (non-hydrogen) atoms. The summed E-state index contributed by atoms with van der Waals surface area (Å²) in [5, 5.41) is 3.40. The monoisotopic (exact) mass is 422 g/mol. The van der Waals surface area contributed by atoms with E-state index in [0.29, 0.717) is 15.8 Å². The first-order chi connectivity index (χ1) is 13.3. The quantitative estimate of drug-likeness (QED) is 0.696. The van der Waals surface area contributed by atoms with Crippen molar-refractivity contribution in [1.82, 2.24) is 10.2 Å². The fourth-order valence-corrected chi connectivity index (χ4v) is 3.00. The van der Waals surface area contributed by atoms with Crippen LogP contribution in [0.3, 0.4) is 0 Å². The molecule has 2 aromatic rings. The van der Waals surface area contributed by atoms with Crippen molar-refractivity contribution >= 4 is 35.0 Å². The maximum absolute atomic E-state index is 12.8. The van der Waals surface area contributed by atoms with Gasteiger partial charge < -0.3 is 15.0 Å². The lowest BCUT2D eigenvalue weighted by atomic mass is 10.1. The molecule has 7 heteroatoms. The molecule has 2 amide bonds. The molecule has 0 bridgehead atoms. The number of nitrogens with zero attached hydrogens (tertiary/aromatic N) is 1. The lowest BCUT2D eigenvalue weighted by Crippen LogP contribution is -2.48. The van der Waals surface area contributed by atoms with Gasteiger partial charge in [0.05, 0.1) is 10.0 Å². The molecule has 0 aliphatic heterocycles. The minimum Gasteiger partial charge on any atom is -0.484 e. The number of rotatable bonds is 8. The highest BCUT2D eigenvalue weighted by atomic mass is 35.5. The van der Waals surface area contributed by atoms with Crippen LogP contribution in [0.25, 0.3) is 0 Å². The van der Waals surface area contributed by atoms with Crippen LogP contribution >= 0.6 is 23.2 Å². The van der Waals surface area contributed by atoms with E-state index in [-0.39, 0.29) is 25.0 Å². The molecule has 0 radical (unpaired) electrons. The van der Waals surface area contributed by atoms with Crippen LogP contribution in [0.2, 0.25) is 10.0 Å². The maximum Gasteiger partial charge on any atom is 0.261 e. The highest BCUT2D eigenvalue weighted by Gasteiger charge is 2.26. The molecule has 150 valence electrons. The van der Waals surface area contributed by atoms with Crippen LogP contribution in [-0.4, -0.2) is 36.4 Å². The molecule has 0 aliphatic carbocycles. The zero-order valence-electron chi connectivity index (χ0n) is 16.2. The number of hydrogen-bond donors (Lipinski definition) is 1. The molecule has 0 heterocycles. The molecule has 2 aromatic carbocycles. The Kier molecular flexibility index (Phi) is 8.15. The molecular weight excluding hydrogens is 399 g/mol. The summed E-state index contributed by atoms with van der Waals surface area (Å²) in [5.74, 6) is 0.0371. The summed E-state index contributed by atoms with van der Waals surface area (Å²) in [6.45, 7) is 3.78. The van der Waals surface area contributed by atoms with Crippen molar-refractivity contribution in [3.63, 3.8) is 0 Å². The average Bonchev–Trinajstić information content (AvgIpc) is 2.72. The van der Waals surface area contributed by atoms with E-state index >= 15 is 0 Å². The van der Waals surface area contributed by atoms with E-state index < -0.39 is 6.04 Å². The van der Waals surface area contributed by atoms with E-state index in [2.05, 4.69) is 12.2 Å². The molecule has 0 saturated carbocycles. The van der Waals surface area contributed by atoms with Gasteiger partial charge in [-0.2, -0.15) is 0 Å². The van der Waals surface area contributed by atoms with Gasteiger partial charge in [0.25, 0.3) is 5.91 Å². The number of ether oxygens (including phenoxy) is 1. The number of amides is 2. The molecule has 0 unspecified atom stereocenters. The van der Waals surface area contributed by atoms with Crippen LogP contribution in [0.15, 0.2) is 42.5 Å². The van der Waals surface area contributed by atoms with E-state index in [1.807, 2.05) is 24.3 Å². The van der Waals surface area contributed by atoms with Gasteiger partial charge in [-0.3, -0.25) is 9.59 Å². The second kappa shape index (κ2) is 10.3. The normalized spacial score (nSPS) is 11.6. The van der Waals surface area contributed by atoms with Crippen LogP contribution in [0.4, 0.5) is 0 Å². The van der Waals surface area contributed by atoms with Crippen LogP contribution < -0.4 is 10.1 Å². The topological polar surface area (TPSA) is 58.6 Å². The number of likely N-dealkylation sites (N-methyl/N-ethyl adjacent to an activating group) is 1. The van der Waals surface area contributed by atoms with E-state index in [0.717, 1.165) is 12.0 Å². The van der Waals surface area contributed by atoms with E-state index in [1.165, 1.54) is 17.5 Å². The third kappa shape index (κ3) is 5.88. The van der Waals surface area contributed by atoms with Crippen LogP contribution in [0.1, 0.15) is 25.0 Å². The first-order valence-electron chi connectivity index (χ1n) is 9.02. The summed E-state index contributed by atoms with van der Waals surface area (Å²) in [6.07, 6.45) is 0.931. The number of nitrogens with one attached hydrogen (secondary N) is 1. The molecule has 0 aromatic heterocycles. The Morgan fingerprint density at radius 1 is 1.07 bits per heavy atom. The molecule has 0 saturated heterocycles. The second-order valence-electron chi connectivity index (χ2n) is 6.35. The van der Waals surface area contributed by atoms with Crippen molar-refractivity contribution in [2.24, 2.45) is 0 Å². The first-order valence-corrected chi connectivity index (χ1v) is 9.78. The van der Waals surface area contributed by atoms with Gasteiger partial charge >= 0.3 is 0 Å².